The molecule has 2 heterocycles. The van der Waals surface area contributed by atoms with E-state index >= 15 is 0 Å². The second-order valence-corrected chi connectivity index (χ2v) is 6.92. The van der Waals surface area contributed by atoms with Crippen LogP contribution in [0.3, 0.4) is 0 Å². The molecule has 0 aromatic carbocycles. The van der Waals surface area contributed by atoms with Gasteiger partial charge in [0.1, 0.15) is 5.82 Å². The summed E-state index contributed by atoms with van der Waals surface area (Å²) in [6, 6.07) is 1.36. The normalized spacial score (nSPS) is 22.5. The van der Waals surface area contributed by atoms with Crippen LogP contribution in [-0.2, 0) is 13.6 Å². The maximum atomic E-state index is 4.69. The lowest BCUT2D eigenvalue weighted by Crippen LogP contribution is -2.39. The van der Waals surface area contributed by atoms with Crippen LogP contribution in [0.2, 0.25) is 0 Å². The SMILES string of the molecule is Cc1nn(C)c(N2CCCC2CN(C)C)c1CNC1CC1. The standard InChI is InChI=1S/C16H29N5/c1-12-15(10-17-13-7-8-13)16(20(4)18-12)21-9-5-6-14(21)11-19(2)3/h13-14,17H,5-11H2,1-4H3. The number of anilines is 1. The second-order valence-electron chi connectivity index (χ2n) is 6.92. The number of likely N-dealkylation sites (N-methyl/N-ethyl adjacent to an activating group) is 1. The van der Waals surface area contributed by atoms with Gasteiger partial charge in [-0.1, -0.05) is 0 Å². The van der Waals surface area contributed by atoms with Gasteiger partial charge in [-0.25, -0.2) is 0 Å². The first-order valence-corrected chi connectivity index (χ1v) is 8.23. The van der Waals surface area contributed by atoms with Crippen LogP contribution in [0.5, 0.6) is 0 Å². The lowest BCUT2D eigenvalue weighted by Gasteiger charge is -2.30. The Balaban J connectivity index is 1.81. The second kappa shape index (κ2) is 5.97. The van der Waals surface area contributed by atoms with E-state index in [-0.39, 0.29) is 0 Å². The minimum absolute atomic E-state index is 0.620. The quantitative estimate of drug-likeness (QED) is 0.862. The predicted molar refractivity (Wildman–Crippen MR) is 86.7 cm³/mol. The Morgan fingerprint density at radius 3 is 2.71 bits per heavy atom. The fraction of sp³-hybridized carbons (Fsp3) is 0.812. The van der Waals surface area contributed by atoms with Gasteiger partial charge in [-0.15, -0.1) is 0 Å². The summed E-state index contributed by atoms with van der Waals surface area (Å²) in [6.45, 7) is 5.39. The molecule has 0 spiro atoms. The Labute approximate surface area is 128 Å². The van der Waals surface area contributed by atoms with Crippen molar-refractivity contribution < 1.29 is 0 Å². The molecule has 1 atom stereocenters. The molecule has 2 aliphatic rings. The smallest absolute Gasteiger partial charge is 0.131 e. The fourth-order valence-electron chi connectivity index (χ4n) is 3.52. The molecule has 1 aromatic rings. The highest BCUT2D eigenvalue weighted by Gasteiger charge is 2.30. The van der Waals surface area contributed by atoms with Crippen LogP contribution >= 0.6 is 0 Å². The van der Waals surface area contributed by atoms with Gasteiger partial charge in [0.25, 0.3) is 0 Å². The van der Waals surface area contributed by atoms with E-state index in [1.807, 2.05) is 0 Å². The Morgan fingerprint density at radius 2 is 2.05 bits per heavy atom. The first-order valence-electron chi connectivity index (χ1n) is 8.23. The Kier molecular flexibility index (Phi) is 4.22. The van der Waals surface area contributed by atoms with Gasteiger partial charge in [-0.2, -0.15) is 5.10 Å². The number of nitrogens with one attached hydrogen (secondary N) is 1. The number of hydrogen-bond acceptors (Lipinski definition) is 4. The molecule has 1 saturated carbocycles. The molecule has 1 unspecified atom stereocenters. The average Bonchev–Trinajstić information content (AvgIpc) is 3.06. The molecule has 21 heavy (non-hydrogen) atoms. The predicted octanol–water partition coefficient (Wildman–Crippen LogP) is 1.51. The van der Waals surface area contributed by atoms with Crippen molar-refractivity contribution >= 4 is 5.82 Å². The zero-order valence-corrected chi connectivity index (χ0v) is 13.9. The van der Waals surface area contributed by atoms with Crippen molar-refractivity contribution in [3.63, 3.8) is 0 Å². The van der Waals surface area contributed by atoms with Gasteiger partial charge in [-0.05, 0) is 46.7 Å². The highest BCUT2D eigenvalue weighted by molar-refractivity contribution is 5.52. The molecular formula is C16H29N5. The van der Waals surface area contributed by atoms with Crippen LogP contribution in [-0.4, -0.2) is 53.9 Å². The summed E-state index contributed by atoms with van der Waals surface area (Å²) in [5.74, 6) is 1.34. The molecule has 0 radical (unpaired) electrons. The third-order valence-corrected chi connectivity index (χ3v) is 4.68. The molecule has 1 aromatic heterocycles. The monoisotopic (exact) mass is 291 g/mol. The minimum atomic E-state index is 0.620. The summed E-state index contributed by atoms with van der Waals surface area (Å²) in [5, 5.41) is 8.35. The van der Waals surface area contributed by atoms with Gasteiger partial charge in [0.05, 0.1) is 5.69 Å². The van der Waals surface area contributed by atoms with Crippen molar-refractivity contribution in [3.8, 4) is 0 Å². The molecule has 5 nitrogen and oxygen atoms in total. The Bertz CT molecular complexity index is 489. The molecule has 1 aliphatic carbocycles. The van der Waals surface area contributed by atoms with E-state index in [1.54, 1.807) is 0 Å². The maximum absolute atomic E-state index is 4.69. The van der Waals surface area contributed by atoms with Crippen LogP contribution in [0.4, 0.5) is 5.82 Å². The summed E-state index contributed by atoms with van der Waals surface area (Å²) in [4.78, 5) is 4.89. The zero-order chi connectivity index (χ0) is 15.0. The molecule has 1 aliphatic heterocycles. The van der Waals surface area contributed by atoms with Gasteiger partial charge in [0, 0.05) is 44.3 Å². The topological polar surface area (TPSA) is 36.3 Å². The number of aromatic nitrogens is 2. The third kappa shape index (κ3) is 3.24. The van der Waals surface area contributed by atoms with E-state index in [0.717, 1.165) is 25.7 Å². The van der Waals surface area contributed by atoms with Crippen molar-refractivity contribution in [2.75, 3.05) is 32.1 Å². The summed E-state index contributed by atoms with van der Waals surface area (Å²) in [6.07, 6.45) is 5.25. The Hall–Kier alpha value is -1.07. The first kappa shape index (κ1) is 14.9. The van der Waals surface area contributed by atoms with E-state index in [0.29, 0.717) is 6.04 Å². The summed E-state index contributed by atoms with van der Waals surface area (Å²) in [5.41, 5.74) is 2.58. The molecule has 118 valence electrons. The largest absolute Gasteiger partial charge is 0.352 e. The van der Waals surface area contributed by atoms with Gasteiger partial charge in [-0.3, -0.25) is 4.68 Å². The van der Waals surface area contributed by atoms with E-state index in [1.165, 1.54) is 42.8 Å². The molecule has 3 rings (SSSR count). The molecule has 1 saturated heterocycles. The van der Waals surface area contributed by atoms with Crippen LogP contribution in [0.15, 0.2) is 0 Å². The summed E-state index contributed by atoms with van der Waals surface area (Å²) in [7, 11) is 6.43. The van der Waals surface area contributed by atoms with E-state index < -0.39 is 0 Å². The fourth-order valence-corrected chi connectivity index (χ4v) is 3.52. The first-order chi connectivity index (χ1) is 10.1. The molecule has 0 amide bonds. The van der Waals surface area contributed by atoms with Crippen LogP contribution in [0, 0.1) is 6.92 Å². The zero-order valence-electron chi connectivity index (χ0n) is 13.9. The third-order valence-electron chi connectivity index (χ3n) is 4.68. The average molecular weight is 291 g/mol. The van der Waals surface area contributed by atoms with Crippen molar-refractivity contribution in [1.82, 2.24) is 20.0 Å². The van der Waals surface area contributed by atoms with Gasteiger partial charge >= 0.3 is 0 Å². The number of aryl methyl sites for hydroxylation is 2. The highest BCUT2D eigenvalue weighted by Crippen LogP contribution is 2.31. The Morgan fingerprint density at radius 1 is 1.29 bits per heavy atom. The van der Waals surface area contributed by atoms with Gasteiger partial charge in [0.2, 0.25) is 0 Å². The number of nitrogens with zero attached hydrogens (tertiary/aromatic N) is 4. The summed E-state index contributed by atoms with van der Waals surface area (Å²) >= 11 is 0. The lowest BCUT2D eigenvalue weighted by molar-refractivity contribution is 0.370. The van der Waals surface area contributed by atoms with E-state index in [9.17, 15) is 0 Å². The maximum Gasteiger partial charge on any atom is 0.131 e. The molecule has 0 bridgehead atoms. The minimum Gasteiger partial charge on any atom is -0.352 e. The number of hydrogen-bond donors (Lipinski definition) is 1. The van der Waals surface area contributed by atoms with Crippen molar-refractivity contribution in [2.24, 2.45) is 7.05 Å². The van der Waals surface area contributed by atoms with E-state index in [2.05, 4.69) is 53.0 Å². The molecule has 2 fully saturated rings. The van der Waals surface area contributed by atoms with Crippen LogP contribution in [0.1, 0.15) is 36.9 Å². The number of rotatable bonds is 6. The highest BCUT2D eigenvalue weighted by atomic mass is 15.4. The van der Waals surface area contributed by atoms with Crippen molar-refractivity contribution in [3.05, 3.63) is 11.3 Å². The van der Waals surface area contributed by atoms with Gasteiger partial charge < -0.3 is 15.1 Å². The summed E-state index contributed by atoms with van der Waals surface area (Å²) < 4.78 is 2.09. The molecule has 5 heteroatoms. The van der Waals surface area contributed by atoms with Crippen molar-refractivity contribution in [1.29, 1.82) is 0 Å². The van der Waals surface area contributed by atoms with Crippen LogP contribution < -0.4 is 10.2 Å². The molecular weight excluding hydrogens is 262 g/mol. The lowest BCUT2D eigenvalue weighted by atomic mass is 10.2. The molecule has 1 N–H and O–H groups in total. The van der Waals surface area contributed by atoms with Crippen molar-refractivity contribution in [2.45, 2.75) is 51.2 Å². The van der Waals surface area contributed by atoms with E-state index in [4.69, 9.17) is 0 Å². The van der Waals surface area contributed by atoms with Crippen LogP contribution in [0.25, 0.3) is 0 Å². The van der Waals surface area contributed by atoms with Gasteiger partial charge in [0.15, 0.2) is 0 Å².